The van der Waals surface area contributed by atoms with Gasteiger partial charge in [-0.25, -0.2) is 9.78 Å². The molecule has 2 aliphatic rings. The fourth-order valence-electron chi connectivity index (χ4n) is 4.19. The quantitative estimate of drug-likeness (QED) is 0.698. The number of likely N-dealkylation sites (tertiary alicyclic amines) is 1. The number of pyridine rings is 1. The van der Waals surface area contributed by atoms with Crippen LogP contribution in [0.5, 0.6) is 0 Å². The number of hydrogen-bond donors (Lipinski definition) is 0. The molecule has 4 rings (SSSR count). The zero-order valence-electron chi connectivity index (χ0n) is 16.1. The molecule has 3 amide bonds. The van der Waals surface area contributed by atoms with Crippen molar-refractivity contribution in [3.05, 3.63) is 46.7 Å². The molecule has 0 saturated carbocycles. The first-order valence-electron chi connectivity index (χ1n) is 9.69. The van der Waals surface area contributed by atoms with Crippen LogP contribution in [0.25, 0.3) is 0 Å². The van der Waals surface area contributed by atoms with Crippen molar-refractivity contribution in [3.63, 3.8) is 0 Å². The third-order valence-corrected chi connectivity index (χ3v) is 6.69. The molecule has 2 aromatic heterocycles. The van der Waals surface area contributed by atoms with Crippen LogP contribution in [-0.4, -0.2) is 68.8 Å². The van der Waals surface area contributed by atoms with E-state index in [0.29, 0.717) is 19.4 Å². The molecule has 1 spiro atoms. The topological polar surface area (TPSA) is 69.6 Å². The second-order valence-electron chi connectivity index (χ2n) is 7.49. The minimum absolute atomic E-state index is 0.0244. The average Bonchev–Trinajstić information content (AvgIpc) is 3.29. The highest BCUT2D eigenvalue weighted by atomic mass is 32.1. The van der Waals surface area contributed by atoms with Crippen molar-refractivity contribution in [1.29, 1.82) is 0 Å². The summed E-state index contributed by atoms with van der Waals surface area (Å²) in [5.41, 5.74) is 0.500. The Kier molecular flexibility index (Phi) is 5.41. The van der Waals surface area contributed by atoms with Crippen molar-refractivity contribution in [2.45, 2.75) is 37.8 Å². The lowest BCUT2D eigenvalue weighted by Gasteiger charge is -2.40. The number of rotatable bonds is 6. The Labute approximate surface area is 169 Å². The molecule has 0 aliphatic carbocycles. The monoisotopic (exact) mass is 399 g/mol. The standard InChI is InChI=1S/C20H25N5O2S/c1-23-19(27)25(11-2-3-16-4-8-21-9-5-16)18(26)20(23)6-12-24(13-7-20)15-17-22-10-14-28-17/h4-5,8-10,14H,2-3,6-7,11-13,15H2,1H3. The van der Waals surface area contributed by atoms with Gasteiger partial charge in [0.2, 0.25) is 0 Å². The van der Waals surface area contributed by atoms with E-state index in [4.69, 9.17) is 0 Å². The van der Waals surface area contributed by atoms with Gasteiger partial charge in [0.15, 0.2) is 0 Å². The zero-order chi connectivity index (χ0) is 19.6. The molecule has 8 heteroatoms. The van der Waals surface area contributed by atoms with Gasteiger partial charge in [0, 0.05) is 50.7 Å². The molecule has 0 N–H and O–H groups in total. The maximum absolute atomic E-state index is 13.2. The summed E-state index contributed by atoms with van der Waals surface area (Å²) in [5.74, 6) is -0.0244. The number of hydrogen-bond acceptors (Lipinski definition) is 6. The Morgan fingerprint density at radius 3 is 2.57 bits per heavy atom. The molecule has 2 aromatic rings. The van der Waals surface area contributed by atoms with Crippen LogP contribution in [0.3, 0.4) is 0 Å². The summed E-state index contributed by atoms with van der Waals surface area (Å²) in [6, 6.07) is 3.78. The van der Waals surface area contributed by atoms with Gasteiger partial charge in [-0.15, -0.1) is 11.3 Å². The van der Waals surface area contributed by atoms with Crippen molar-refractivity contribution in [1.82, 2.24) is 24.7 Å². The van der Waals surface area contributed by atoms with E-state index in [1.54, 1.807) is 35.7 Å². The highest BCUT2D eigenvalue weighted by Crippen LogP contribution is 2.36. The second kappa shape index (κ2) is 7.97. The van der Waals surface area contributed by atoms with Crippen LogP contribution >= 0.6 is 11.3 Å². The van der Waals surface area contributed by atoms with E-state index in [1.165, 1.54) is 10.5 Å². The summed E-state index contributed by atoms with van der Waals surface area (Å²) in [7, 11) is 1.78. The molecule has 28 heavy (non-hydrogen) atoms. The Balaban J connectivity index is 1.36. The maximum atomic E-state index is 13.2. The van der Waals surface area contributed by atoms with Gasteiger partial charge in [-0.2, -0.15) is 0 Å². The van der Waals surface area contributed by atoms with Crippen LogP contribution in [0.1, 0.15) is 29.8 Å². The maximum Gasteiger partial charge on any atom is 0.327 e. The molecule has 148 valence electrons. The van der Waals surface area contributed by atoms with E-state index in [1.807, 2.05) is 23.7 Å². The van der Waals surface area contributed by atoms with Gasteiger partial charge in [0.25, 0.3) is 5.91 Å². The summed E-state index contributed by atoms with van der Waals surface area (Å²) in [6.07, 6.45) is 8.32. The van der Waals surface area contributed by atoms with Gasteiger partial charge in [-0.05, 0) is 43.4 Å². The fourth-order valence-corrected chi connectivity index (χ4v) is 4.84. The van der Waals surface area contributed by atoms with Gasteiger partial charge < -0.3 is 4.90 Å². The molecular formula is C20H25N5O2S. The molecule has 2 aliphatic heterocycles. The number of urea groups is 1. The van der Waals surface area contributed by atoms with Crippen molar-refractivity contribution in [3.8, 4) is 0 Å². The number of likely N-dealkylation sites (N-methyl/N-ethyl adjacent to an activating group) is 1. The smallest absolute Gasteiger partial charge is 0.312 e. The molecule has 7 nitrogen and oxygen atoms in total. The number of nitrogens with zero attached hydrogens (tertiary/aromatic N) is 5. The van der Waals surface area contributed by atoms with Crippen molar-refractivity contribution >= 4 is 23.3 Å². The molecule has 2 saturated heterocycles. The van der Waals surface area contributed by atoms with E-state index < -0.39 is 5.54 Å². The summed E-state index contributed by atoms with van der Waals surface area (Å²) < 4.78 is 0. The normalized spacial score (nSPS) is 19.8. The lowest BCUT2D eigenvalue weighted by Crippen LogP contribution is -2.55. The van der Waals surface area contributed by atoms with Crippen LogP contribution in [-0.2, 0) is 17.8 Å². The Morgan fingerprint density at radius 2 is 1.89 bits per heavy atom. The SMILES string of the molecule is CN1C(=O)N(CCCc2ccncc2)C(=O)C12CCN(Cc1nccs1)CC2. The van der Waals surface area contributed by atoms with Crippen molar-refractivity contribution in [2.75, 3.05) is 26.7 Å². The summed E-state index contributed by atoms with van der Waals surface area (Å²) in [5, 5.41) is 3.08. The predicted octanol–water partition coefficient (Wildman–Crippen LogP) is 2.40. The first kappa shape index (κ1) is 19.0. The summed E-state index contributed by atoms with van der Waals surface area (Å²) >= 11 is 1.65. The van der Waals surface area contributed by atoms with Crippen LogP contribution in [0, 0.1) is 0 Å². The van der Waals surface area contributed by atoms with E-state index in [2.05, 4.69) is 14.9 Å². The Hall–Kier alpha value is -2.32. The van der Waals surface area contributed by atoms with Crippen molar-refractivity contribution < 1.29 is 9.59 Å². The lowest BCUT2D eigenvalue weighted by molar-refractivity contribution is -0.135. The third kappa shape index (κ3) is 3.54. The molecule has 0 unspecified atom stereocenters. The Morgan fingerprint density at radius 1 is 1.14 bits per heavy atom. The van der Waals surface area contributed by atoms with Crippen LogP contribution < -0.4 is 0 Å². The molecular weight excluding hydrogens is 374 g/mol. The van der Waals surface area contributed by atoms with Crippen molar-refractivity contribution in [2.24, 2.45) is 0 Å². The van der Waals surface area contributed by atoms with E-state index in [0.717, 1.165) is 37.5 Å². The van der Waals surface area contributed by atoms with Gasteiger partial charge in [-0.1, -0.05) is 0 Å². The van der Waals surface area contributed by atoms with Crippen LogP contribution in [0.4, 0.5) is 4.79 Å². The number of carbonyl (C=O) groups excluding carboxylic acids is 2. The summed E-state index contributed by atoms with van der Waals surface area (Å²) in [4.78, 5) is 39.8. The van der Waals surface area contributed by atoms with Gasteiger partial charge in [0.05, 0.1) is 6.54 Å². The molecule has 0 bridgehead atoms. The fraction of sp³-hybridized carbons (Fsp3) is 0.500. The number of piperidine rings is 1. The van der Waals surface area contributed by atoms with Crippen LogP contribution in [0.15, 0.2) is 36.1 Å². The molecule has 2 fully saturated rings. The predicted molar refractivity (Wildman–Crippen MR) is 107 cm³/mol. The number of carbonyl (C=O) groups is 2. The number of aryl methyl sites for hydroxylation is 1. The molecule has 0 radical (unpaired) electrons. The number of thiazole rings is 1. The molecule has 4 heterocycles. The first-order valence-corrected chi connectivity index (χ1v) is 10.6. The largest absolute Gasteiger partial charge is 0.327 e. The third-order valence-electron chi connectivity index (χ3n) is 5.93. The van der Waals surface area contributed by atoms with Crippen LogP contribution in [0.2, 0.25) is 0 Å². The van der Waals surface area contributed by atoms with E-state index >= 15 is 0 Å². The zero-order valence-corrected chi connectivity index (χ0v) is 16.9. The molecule has 0 atom stereocenters. The second-order valence-corrected chi connectivity index (χ2v) is 8.47. The highest BCUT2D eigenvalue weighted by Gasteiger charge is 2.56. The van der Waals surface area contributed by atoms with Gasteiger partial charge >= 0.3 is 6.03 Å². The molecule has 0 aromatic carbocycles. The number of imide groups is 1. The van der Waals surface area contributed by atoms with E-state index in [-0.39, 0.29) is 11.9 Å². The number of amides is 3. The Bertz CT molecular complexity index is 818. The van der Waals surface area contributed by atoms with E-state index in [9.17, 15) is 9.59 Å². The summed E-state index contributed by atoms with van der Waals surface area (Å²) in [6.45, 7) is 2.88. The van der Waals surface area contributed by atoms with Gasteiger partial charge in [-0.3, -0.25) is 19.6 Å². The minimum atomic E-state index is -0.673. The minimum Gasteiger partial charge on any atom is -0.312 e. The highest BCUT2D eigenvalue weighted by molar-refractivity contribution is 7.09. The van der Waals surface area contributed by atoms with Gasteiger partial charge in [0.1, 0.15) is 10.5 Å². The lowest BCUT2D eigenvalue weighted by atomic mass is 9.86. The first-order chi connectivity index (χ1) is 13.6. The number of aromatic nitrogens is 2. The average molecular weight is 400 g/mol.